The van der Waals surface area contributed by atoms with Crippen LogP contribution in [0.2, 0.25) is 0 Å². The number of ketones is 1. The maximum atomic E-state index is 15.2. The van der Waals surface area contributed by atoms with Crippen molar-refractivity contribution in [2.24, 2.45) is 0 Å². The first-order valence-corrected chi connectivity index (χ1v) is 11.7. The van der Waals surface area contributed by atoms with Gasteiger partial charge in [0.2, 0.25) is 0 Å². The molecule has 35 heavy (non-hydrogen) atoms. The van der Waals surface area contributed by atoms with E-state index >= 15 is 4.39 Å². The highest BCUT2D eigenvalue weighted by molar-refractivity contribution is 7.92. The maximum Gasteiger partial charge on any atom is 0.262 e. The average molecular weight is 491 g/mol. The van der Waals surface area contributed by atoms with E-state index in [1.807, 2.05) is 0 Å². The minimum absolute atomic E-state index is 0.139. The summed E-state index contributed by atoms with van der Waals surface area (Å²) in [7, 11) is -4.29. The molecule has 5 rings (SSSR count). The highest BCUT2D eigenvalue weighted by atomic mass is 32.2. The Morgan fingerprint density at radius 3 is 2.54 bits per heavy atom. The summed E-state index contributed by atoms with van der Waals surface area (Å²) in [6, 6.07) is 12.6. The number of hydrogen-bond donors (Lipinski definition) is 2. The summed E-state index contributed by atoms with van der Waals surface area (Å²) in [5.74, 6) is -2.49. The van der Waals surface area contributed by atoms with Gasteiger partial charge in [0.15, 0.2) is 11.6 Å². The van der Waals surface area contributed by atoms with Crippen molar-refractivity contribution in [2.45, 2.75) is 4.90 Å². The topological polar surface area (TPSA) is 118 Å². The lowest BCUT2D eigenvalue weighted by Gasteiger charge is -2.11. The molecule has 0 spiro atoms. The normalized spacial score (nSPS) is 11.5. The molecule has 2 aromatic heterocycles. The third kappa shape index (κ3) is 4.36. The fraction of sp³-hybridized carbons (Fsp3) is 0. The molecule has 2 heterocycles. The molecule has 0 amide bonds. The van der Waals surface area contributed by atoms with Crippen LogP contribution in [0.1, 0.15) is 15.9 Å². The highest BCUT2D eigenvalue weighted by Crippen LogP contribution is 2.25. The van der Waals surface area contributed by atoms with Crippen molar-refractivity contribution in [1.29, 1.82) is 0 Å². The van der Waals surface area contributed by atoms with Gasteiger partial charge in [-0.15, -0.1) is 0 Å². The summed E-state index contributed by atoms with van der Waals surface area (Å²) >= 11 is 0. The van der Waals surface area contributed by atoms with Gasteiger partial charge in [0, 0.05) is 17.3 Å². The lowest BCUT2D eigenvalue weighted by atomic mass is 10.0. The standard InChI is InChI=1S/C24H15F2N5O3S/c25-16-3-1-4-17(10-16)35(33,34)31-20-6-2-5-18(23(20)26)24(32)14-7-8-19-21(9-14)30-22(13-27-19)15-11-28-29-12-15/h1-13,31H,(H,28,29). The summed E-state index contributed by atoms with van der Waals surface area (Å²) in [6.45, 7) is 0. The van der Waals surface area contributed by atoms with Crippen LogP contribution >= 0.6 is 0 Å². The van der Waals surface area contributed by atoms with E-state index < -0.39 is 33.1 Å². The molecular formula is C24H15F2N5O3S. The Hall–Kier alpha value is -4.51. The molecule has 0 bridgehead atoms. The summed E-state index contributed by atoms with van der Waals surface area (Å²) in [6.07, 6.45) is 4.80. The van der Waals surface area contributed by atoms with Gasteiger partial charge in [-0.2, -0.15) is 5.10 Å². The minimum Gasteiger partial charge on any atom is -0.288 e. The number of H-pyrrole nitrogens is 1. The van der Waals surface area contributed by atoms with E-state index in [2.05, 4.69) is 24.9 Å². The van der Waals surface area contributed by atoms with Crippen molar-refractivity contribution in [3.8, 4) is 11.3 Å². The molecule has 0 radical (unpaired) electrons. The third-order valence-corrected chi connectivity index (χ3v) is 6.56. The molecule has 3 aromatic carbocycles. The Balaban J connectivity index is 1.48. The predicted molar refractivity (Wildman–Crippen MR) is 124 cm³/mol. The van der Waals surface area contributed by atoms with Crippen LogP contribution in [0.25, 0.3) is 22.3 Å². The first kappa shape index (κ1) is 22.3. The molecule has 0 atom stereocenters. The number of carbonyl (C=O) groups is 1. The van der Waals surface area contributed by atoms with Crippen LogP contribution in [0.5, 0.6) is 0 Å². The van der Waals surface area contributed by atoms with E-state index in [9.17, 15) is 17.6 Å². The van der Waals surface area contributed by atoms with Gasteiger partial charge in [-0.25, -0.2) is 22.2 Å². The molecule has 0 aliphatic heterocycles. The van der Waals surface area contributed by atoms with Gasteiger partial charge in [-0.3, -0.25) is 19.6 Å². The van der Waals surface area contributed by atoms with Crippen LogP contribution in [0.3, 0.4) is 0 Å². The third-order valence-electron chi connectivity index (χ3n) is 5.19. The summed E-state index contributed by atoms with van der Waals surface area (Å²) in [4.78, 5) is 21.6. The molecule has 11 heteroatoms. The summed E-state index contributed by atoms with van der Waals surface area (Å²) in [5, 5.41) is 6.56. The molecule has 0 saturated carbocycles. The Labute approximate surface area is 197 Å². The van der Waals surface area contributed by atoms with Crippen LogP contribution in [0.4, 0.5) is 14.5 Å². The first-order chi connectivity index (χ1) is 16.8. The smallest absolute Gasteiger partial charge is 0.262 e. The van der Waals surface area contributed by atoms with Crippen molar-refractivity contribution in [3.63, 3.8) is 0 Å². The molecular weight excluding hydrogens is 476 g/mol. The largest absolute Gasteiger partial charge is 0.288 e. The van der Waals surface area contributed by atoms with E-state index in [1.165, 1.54) is 42.5 Å². The highest BCUT2D eigenvalue weighted by Gasteiger charge is 2.22. The predicted octanol–water partition coefficient (Wildman–Crippen LogP) is 4.33. The van der Waals surface area contributed by atoms with Gasteiger partial charge >= 0.3 is 0 Å². The number of carbonyl (C=O) groups excluding carboxylic acids is 1. The number of benzene rings is 3. The second-order valence-electron chi connectivity index (χ2n) is 7.50. The molecule has 0 saturated heterocycles. The van der Waals surface area contributed by atoms with Crippen molar-refractivity contribution in [2.75, 3.05) is 4.72 Å². The minimum atomic E-state index is -4.29. The van der Waals surface area contributed by atoms with E-state index in [4.69, 9.17) is 0 Å². The van der Waals surface area contributed by atoms with Crippen LogP contribution < -0.4 is 4.72 Å². The van der Waals surface area contributed by atoms with Gasteiger partial charge in [0.1, 0.15) is 5.82 Å². The Morgan fingerprint density at radius 2 is 1.77 bits per heavy atom. The lowest BCUT2D eigenvalue weighted by molar-refractivity contribution is 0.103. The molecule has 0 unspecified atom stereocenters. The van der Waals surface area contributed by atoms with Crippen molar-refractivity contribution < 1.29 is 22.0 Å². The van der Waals surface area contributed by atoms with Gasteiger partial charge in [-0.05, 0) is 48.5 Å². The second-order valence-corrected chi connectivity index (χ2v) is 9.19. The number of fused-ring (bicyclic) bond motifs is 1. The molecule has 5 aromatic rings. The van der Waals surface area contributed by atoms with Gasteiger partial charge in [-0.1, -0.05) is 12.1 Å². The van der Waals surface area contributed by atoms with E-state index in [-0.39, 0.29) is 16.0 Å². The second kappa shape index (κ2) is 8.69. The van der Waals surface area contributed by atoms with Crippen LogP contribution in [-0.2, 0) is 10.0 Å². The van der Waals surface area contributed by atoms with Gasteiger partial charge < -0.3 is 0 Å². The number of nitrogens with one attached hydrogen (secondary N) is 2. The van der Waals surface area contributed by atoms with Crippen LogP contribution in [0.15, 0.2) is 84.1 Å². The molecule has 0 fully saturated rings. The van der Waals surface area contributed by atoms with Gasteiger partial charge in [0.05, 0.1) is 45.3 Å². The number of anilines is 1. The first-order valence-electron chi connectivity index (χ1n) is 10.2. The monoisotopic (exact) mass is 491 g/mol. The molecule has 8 nitrogen and oxygen atoms in total. The Bertz CT molecular complexity index is 1690. The van der Waals surface area contributed by atoms with E-state index in [0.29, 0.717) is 22.3 Å². The zero-order valence-corrected chi connectivity index (χ0v) is 18.6. The molecule has 2 N–H and O–H groups in total. The van der Waals surface area contributed by atoms with Crippen molar-refractivity contribution in [3.05, 3.63) is 102 Å². The molecule has 174 valence electrons. The van der Waals surface area contributed by atoms with Crippen LogP contribution in [-0.4, -0.2) is 34.4 Å². The number of sulfonamides is 1. The molecule has 0 aliphatic carbocycles. The van der Waals surface area contributed by atoms with Crippen molar-refractivity contribution >= 4 is 32.5 Å². The van der Waals surface area contributed by atoms with Gasteiger partial charge in [0.25, 0.3) is 10.0 Å². The van der Waals surface area contributed by atoms with E-state index in [0.717, 1.165) is 12.1 Å². The maximum absolute atomic E-state index is 15.2. The lowest BCUT2D eigenvalue weighted by Crippen LogP contribution is -2.15. The quantitative estimate of drug-likeness (QED) is 0.342. The Kier molecular flexibility index (Phi) is 5.53. The summed E-state index contributed by atoms with van der Waals surface area (Å²) < 4.78 is 55.9. The van der Waals surface area contributed by atoms with Crippen molar-refractivity contribution in [1.82, 2.24) is 20.2 Å². The average Bonchev–Trinajstić information content (AvgIpc) is 3.39. The zero-order chi connectivity index (χ0) is 24.6. The fourth-order valence-corrected chi connectivity index (χ4v) is 4.55. The van der Waals surface area contributed by atoms with E-state index in [1.54, 1.807) is 24.7 Å². The number of halogens is 2. The Morgan fingerprint density at radius 1 is 0.943 bits per heavy atom. The molecule has 0 aliphatic rings. The van der Waals surface area contributed by atoms with Crippen LogP contribution in [0, 0.1) is 11.6 Å². The number of aromatic amines is 1. The zero-order valence-electron chi connectivity index (χ0n) is 17.7. The number of hydrogen-bond acceptors (Lipinski definition) is 6. The fourth-order valence-electron chi connectivity index (χ4n) is 3.46. The summed E-state index contributed by atoms with van der Waals surface area (Å²) in [5.41, 5.74) is 1.55. The number of nitrogens with zero attached hydrogens (tertiary/aromatic N) is 3. The number of aromatic nitrogens is 4. The number of rotatable bonds is 6. The SMILES string of the molecule is O=C(c1ccc2ncc(-c3cn[nH]c3)nc2c1)c1cccc(NS(=O)(=O)c2cccc(F)c2)c1F.